The molecule has 374 valence electrons. The van der Waals surface area contributed by atoms with Gasteiger partial charge >= 0.3 is 0 Å². The second-order valence-electron chi connectivity index (χ2n) is 21.2. The predicted molar refractivity (Wildman–Crippen MR) is 224 cm³/mol. The molecule has 4 heterocycles. The lowest BCUT2D eigenvalue weighted by molar-refractivity contribution is -0.336. The van der Waals surface area contributed by atoms with E-state index < -0.39 is 118 Å². The molecule has 11 N–H and O–H groups in total. The fourth-order valence-electron chi connectivity index (χ4n) is 13.8. The van der Waals surface area contributed by atoms with Gasteiger partial charge in [-0.1, -0.05) is 39.3 Å². The van der Waals surface area contributed by atoms with E-state index in [9.17, 15) is 56.2 Å². The summed E-state index contributed by atoms with van der Waals surface area (Å²) < 4.78 is 48.1. The van der Waals surface area contributed by atoms with Crippen molar-refractivity contribution in [1.29, 1.82) is 0 Å². The summed E-state index contributed by atoms with van der Waals surface area (Å²) in [6, 6.07) is 0. The van der Waals surface area contributed by atoms with Gasteiger partial charge in [-0.25, -0.2) is 0 Å². The van der Waals surface area contributed by atoms with Crippen molar-refractivity contribution < 1.29 is 94.1 Å². The molecule has 8 rings (SSSR count). The SMILES string of the molecule is COC1(CCC(C)COC2OC(CO)C(O)C(O)C2O)OC2CC3C4CC=C5CC(OC6OC(COC7OC(CO)C(O)C(O)C7O)C(O)C(O)C6O)CCC5(C)C4CCC3(C)C2C1C. The maximum absolute atomic E-state index is 11.0. The minimum Gasteiger partial charge on any atom is -0.394 e. The number of hydrogen-bond donors (Lipinski definition) is 11. The molecule has 0 radical (unpaired) electrons. The summed E-state index contributed by atoms with van der Waals surface area (Å²) in [6.07, 6.45) is -11.6. The van der Waals surface area contributed by atoms with Crippen molar-refractivity contribution in [2.24, 2.45) is 46.3 Å². The lowest BCUT2D eigenvalue weighted by Gasteiger charge is -2.58. The molecule has 4 aliphatic carbocycles. The van der Waals surface area contributed by atoms with Crippen LogP contribution in [-0.2, 0) is 37.9 Å². The molecule has 19 nitrogen and oxygen atoms in total. The van der Waals surface area contributed by atoms with Crippen LogP contribution in [0.4, 0.5) is 0 Å². The quantitative estimate of drug-likeness (QED) is 0.0912. The van der Waals surface area contributed by atoms with Gasteiger partial charge in [0.05, 0.1) is 38.6 Å². The number of hydrogen-bond acceptors (Lipinski definition) is 19. The minimum atomic E-state index is -1.66. The van der Waals surface area contributed by atoms with Crippen molar-refractivity contribution >= 4 is 0 Å². The zero-order chi connectivity index (χ0) is 46.9. The van der Waals surface area contributed by atoms with Crippen LogP contribution in [0.3, 0.4) is 0 Å². The van der Waals surface area contributed by atoms with E-state index in [1.807, 2.05) is 6.92 Å². The lowest BCUT2D eigenvalue weighted by atomic mass is 9.47. The van der Waals surface area contributed by atoms with Gasteiger partial charge in [-0.2, -0.15) is 0 Å². The number of aliphatic hydroxyl groups is 11. The third kappa shape index (κ3) is 8.93. The van der Waals surface area contributed by atoms with E-state index in [0.29, 0.717) is 49.4 Å². The summed E-state index contributed by atoms with van der Waals surface area (Å²) in [7, 11) is 1.73. The van der Waals surface area contributed by atoms with Crippen molar-refractivity contribution in [2.75, 3.05) is 33.5 Å². The average molecular weight is 933 g/mol. The molecule has 0 amide bonds. The Morgan fingerprint density at radius 3 is 1.92 bits per heavy atom. The number of ether oxygens (including phenoxy) is 8. The minimum absolute atomic E-state index is 0.0262. The Morgan fingerprint density at radius 2 is 1.31 bits per heavy atom. The molecule has 0 spiro atoms. The molecule has 65 heavy (non-hydrogen) atoms. The third-order valence-corrected chi connectivity index (χ3v) is 17.7. The number of allylic oxidation sites excluding steroid dienone is 1. The molecule has 0 aromatic carbocycles. The van der Waals surface area contributed by atoms with E-state index in [1.165, 1.54) is 5.57 Å². The van der Waals surface area contributed by atoms with Gasteiger partial charge in [0.15, 0.2) is 24.7 Å². The largest absolute Gasteiger partial charge is 0.394 e. The van der Waals surface area contributed by atoms with Crippen molar-refractivity contribution in [3.05, 3.63) is 11.6 Å². The van der Waals surface area contributed by atoms with Crippen LogP contribution in [0.5, 0.6) is 0 Å². The first-order valence-corrected chi connectivity index (χ1v) is 23.9. The van der Waals surface area contributed by atoms with Crippen LogP contribution in [0, 0.1) is 46.3 Å². The van der Waals surface area contributed by atoms with E-state index in [0.717, 1.165) is 32.1 Å². The second-order valence-corrected chi connectivity index (χ2v) is 21.2. The van der Waals surface area contributed by atoms with Gasteiger partial charge in [0.25, 0.3) is 0 Å². The van der Waals surface area contributed by atoms with E-state index in [4.69, 9.17) is 37.9 Å². The van der Waals surface area contributed by atoms with Crippen molar-refractivity contribution in [3.8, 4) is 0 Å². The van der Waals surface area contributed by atoms with Gasteiger partial charge in [0.1, 0.15) is 73.2 Å². The first-order valence-electron chi connectivity index (χ1n) is 23.9. The van der Waals surface area contributed by atoms with Crippen LogP contribution in [0.1, 0.15) is 85.5 Å². The molecular weight excluding hydrogens is 856 g/mol. The molecule has 0 bridgehead atoms. The Kier molecular flexibility index (Phi) is 15.2. The zero-order valence-electron chi connectivity index (χ0n) is 38.2. The van der Waals surface area contributed by atoms with Crippen molar-refractivity contribution in [3.63, 3.8) is 0 Å². The van der Waals surface area contributed by atoms with Gasteiger partial charge in [-0.15, -0.1) is 0 Å². The molecule has 7 fully saturated rings. The number of aliphatic hydroxyl groups excluding tert-OH is 11. The van der Waals surface area contributed by atoms with E-state index >= 15 is 0 Å². The normalized spacial score (nSPS) is 53.7. The Bertz CT molecular complexity index is 1640. The first-order chi connectivity index (χ1) is 30.8. The Morgan fingerprint density at radius 1 is 0.723 bits per heavy atom. The molecule has 0 aromatic heterocycles. The second kappa shape index (κ2) is 19.6. The number of rotatable bonds is 14. The molecule has 4 saturated heterocycles. The molecule has 26 atom stereocenters. The van der Waals surface area contributed by atoms with Crippen molar-refractivity contribution in [1.82, 2.24) is 0 Å². The summed E-state index contributed by atoms with van der Waals surface area (Å²) >= 11 is 0. The highest BCUT2D eigenvalue weighted by Crippen LogP contribution is 2.70. The summed E-state index contributed by atoms with van der Waals surface area (Å²) in [4.78, 5) is 0. The highest BCUT2D eigenvalue weighted by atomic mass is 16.7. The summed E-state index contributed by atoms with van der Waals surface area (Å²) in [5.74, 6) is 1.16. The highest BCUT2D eigenvalue weighted by Gasteiger charge is 2.68. The van der Waals surface area contributed by atoms with E-state index in [2.05, 4.69) is 26.8 Å². The van der Waals surface area contributed by atoms with Crippen LogP contribution in [0.25, 0.3) is 0 Å². The summed E-state index contributed by atoms with van der Waals surface area (Å²) in [6.45, 7) is 7.81. The van der Waals surface area contributed by atoms with E-state index in [1.54, 1.807) is 7.11 Å². The Hall–Kier alpha value is -1.02. The van der Waals surface area contributed by atoms with Crippen LogP contribution < -0.4 is 0 Å². The number of fused-ring (bicyclic) bond motifs is 7. The van der Waals surface area contributed by atoms with Gasteiger partial charge < -0.3 is 94.1 Å². The predicted octanol–water partition coefficient (Wildman–Crippen LogP) is -1.20. The standard InChI is InChI=1S/C46H76O19/c1-20(18-59-41-38(55)35(52)32(49)28(16-47)62-41)8-13-46(58-5)21(2)31-27(65-46)15-26-24-7-6-22-14-23(9-11-44(22,3)25(24)10-12-45(26,31)4)61-43-40(57)37(54)34(51)30(64-43)19-60-42-39(56)36(53)33(50)29(17-48)63-42/h6,20-21,23-43,47-57H,7-19H2,1-5H3. The van der Waals surface area contributed by atoms with Gasteiger partial charge in [0, 0.05) is 19.4 Å². The average Bonchev–Trinajstić information content (AvgIpc) is 3.75. The molecule has 4 aliphatic heterocycles. The monoisotopic (exact) mass is 932 g/mol. The summed E-state index contributed by atoms with van der Waals surface area (Å²) in [5.41, 5.74) is 1.36. The zero-order valence-corrected chi connectivity index (χ0v) is 38.2. The van der Waals surface area contributed by atoms with Gasteiger partial charge in [-0.3, -0.25) is 0 Å². The maximum Gasteiger partial charge on any atom is 0.186 e. The van der Waals surface area contributed by atoms with Gasteiger partial charge in [0.2, 0.25) is 0 Å². The third-order valence-electron chi connectivity index (χ3n) is 17.7. The van der Waals surface area contributed by atoms with Crippen LogP contribution >= 0.6 is 0 Å². The molecule has 8 aliphatic rings. The fourth-order valence-corrected chi connectivity index (χ4v) is 13.8. The Labute approximate surface area is 380 Å². The van der Waals surface area contributed by atoms with Crippen LogP contribution in [0.15, 0.2) is 11.6 Å². The summed E-state index contributed by atoms with van der Waals surface area (Å²) in [5, 5.41) is 113. The van der Waals surface area contributed by atoms with Gasteiger partial charge in [-0.05, 0) is 91.8 Å². The van der Waals surface area contributed by atoms with Crippen molar-refractivity contribution in [2.45, 2.75) is 196 Å². The topological polar surface area (TPSA) is 296 Å². The lowest BCUT2D eigenvalue weighted by Crippen LogP contribution is -2.62. The molecule has 0 aromatic rings. The molecule has 19 heteroatoms. The van der Waals surface area contributed by atoms with Crippen LogP contribution in [0.2, 0.25) is 0 Å². The molecule has 3 saturated carbocycles. The highest BCUT2D eigenvalue weighted by molar-refractivity contribution is 5.26. The molecule has 26 unspecified atom stereocenters. The first kappa shape index (κ1) is 50.4. The smallest absolute Gasteiger partial charge is 0.186 e. The van der Waals surface area contributed by atoms with Crippen LogP contribution in [-0.4, -0.2) is 200 Å². The fraction of sp³-hybridized carbons (Fsp3) is 0.957. The number of methoxy groups -OCH3 is 1. The maximum atomic E-state index is 11.0. The van der Waals surface area contributed by atoms with E-state index in [-0.39, 0.29) is 41.5 Å². The molecular formula is C46H76O19. The Balaban J connectivity index is 0.860.